The number of carbonyl (C=O) groups is 1. The Morgan fingerprint density at radius 1 is 1.04 bits per heavy atom. The molecular formula is C20H25NO3S. The molecule has 134 valence electrons. The summed E-state index contributed by atoms with van der Waals surface area (Å²) in [6.07, 6.45) is 0. The number of benzene rings is 2. The van der Waals surface area contributed by atoms with Crippen LogP contribution in [0.15, 0.2) is 53.4 Å². The Morgan fingerprint density at radius 2 is 1.72 bits per heavy atom. The van der Waals surface area contributed by atoms with E-state index in [9.17, 15) is 4.79 Å². The summed E-state index contributed by atoms with van der Waals surface area (Å²) in [5, 5.41) is 3.03. The van der Waals surface area contributed by atoms with Crippen LogP contribution in [0.2, 0.25) is 0 Å². The second-order valence-corrected chi connectivity index (χ2v) is 6.51. The van der Waals surface area contributed by atoms with Gasteiger partial charge in [0.25, 0.3) is 0 Å². The van der Waals surface area contributed by atoms with Gasteiger partial charge in [0.15, 0.2) is 11.5 Å². The minimum Gasteiger partial charge on any atom is -0.490 e. The first-order valence-electron chi connectivity index (χ1n) is 8.50. The summed E-state index contributed by atoms with van der Waals surface area (Å²) >= 11 is 1.53. The van der Waals surface area contributed by atoms with E-state index < -0.39 is 0 Å². The molecule has 2 aromatic rings. The number of ether oxygens (including phenoxy) is 2. The van der Waals surface area contributed by atoms with Crippen LogP contribution in [0.25, 0.3) is 0 Å². The van der Waals surface area contributed by atoms with Gasteiger partial charge in [0.1, 0.15) is 0 Å². The molecule has 0 saturated heterocycles. The molecule has 0 fully saturated rings. The lowest BCUT2D eigenvalue weighted by Gasteiger charge is -2.17. The summed E-state index contributed by atoms with van der Waals surface area (Å²) in [6.45, 7) is 7.00. The van der Waals surface area contributed by atoms with Crippen LogP contribution in [-0.2, 0) is 4.79 Å². The molecule has 0 heterocycles. The molecule has 0 spiro atoms. The monoisotopic (exact) mass is 359 g/mol. The smallest absolute Gasteiger partial charge is 0.230 e. The van der Waals surface area contributed by atoms with Gasteiger partial charge in [0.05, 0.1) is 25.0 Å². The third-order valence-corrected chi connectivity index (χ3v) is 4.57. The van der Waals surface area contributed by atoms with Gasteiger partial charge in [-0.1, -0.05) is 24.3 Å². The third-order valence-electron chi connectivity index (χ3n) is 3.56. The fourth-order valence-corrected chi connectivity index (χ4v) is 3.10. The highest BCUT2D eigenvalue weighted by molar-refractivity contribution is 8.00. The Hall–Kier alpha value is -2.14. The molecule has 2 aromatic carbocycles. The normalized spacial score (nSPS) is 11.6. The predicted molar refractivity (Wildman–Crippen MR) is 103 cm³/mol. The van der Waals surface area contributed by atoms with E-state index in [2.05, 4.69) is 5.32 Å². The van der Waals surface area contributed by atoms with E-state index in [0.29, 0.717) is 24.7 Å². The molecule has 0 saturated carbocycles. The summed E-state index contributed by atoms with van der Waals surface area (Å²) in [7, 11) is 0. The molecule has 4 nitrogen and oxygen atoms in total. The number of nitrogens with one attached hydrogen (secondary N) is 1. The first-order chi connectivity index (χ1) is 12.1. The van der Waals surface area contributed by atoms with Crippen molar-refractivity contribution in [1.82, 2.24) is 5.32 Å². The zero-order valence-electron chi connectivity index (χ0n) is 15.0. The number of rotatable bonds is 9. The summed E-state index contributed by atoms with van der Waals surface area (Å²) in [4.78, 5) is 13.3. The predicted octanol–water partition coefficient (Wildman–Crippen LogP) is 4.45. The van der Waals surface area contributed by atoms with Crippen LogP contribution in [0.1, 0.15) is 32.4 Å². The van der Waals surface area contributed by atoms with Crippen LogP contribution >= 0.6 is 11.8 Å². The molecule has 0 aliphatic heterocycles. The highest BCUT2D eigenvalue weighted by atomic mass is 32.2. The molecule has 0 aromatic heterocycles. The van der Waals surface area contributed by atoms with Crippen molar-refractivity contribution in [2.24, 2.45) is 0 Å². The lowest BCUT2D eigenvalue weighted by atomic mass is 10.1. The van der Waals surface area contributed by atoms with Gasteiger partial charge in [-0.05, 0) is 50.6 Å². The van der Waals surface area contributed by atoms with Crippen molar-refractivity contribution < 1.29 is 14.3 Å². The van der Waals surface area contributed by atoms with Gasteiger partial charge in [-0.15, -0.1) is 11.8 Å². The van der Waals surface area contributed by atoms with Crippen molar-refractivity contribution in [2.45, 2.75) is 31.7 Å². The zero-order chi connectivity index (χ0) is 18.1. The molecular weight excluding hydrogens is 334 g/mol. The summed E-state index contributed by atoms with van der Waals surface area (Å²) in [5.41, 5.74) is 0.991. The highest BCUT2D eigenvalue weighted by Gasteiger charge is 2.13. The average Bonchev–Trinajstić information content (AvgIpc) is 2.62. The van der Waals surface area contributed by atoms with Gasteiger partial charge in [-0.2, -0.15) is 0 Å². The van der Waals surface area contributed by atoms with Gasteiger partial charge in [0.2, 0.25) is 5.91 Å². The molecule has 1 amide bonds. The van der Waals surface area contributed by atoms with E-state index in [1.54, 1.807) is 0 Å². The Morgan fingerprint density at radius 3 is 2.40 bits per heavy atom. The van der Waals surface area contributed by atoms with Gasteiger partial charge in [0, 0.05) is 4.90 Å². The van der Waals surface area contributed by atoms with Crippen molar-refractivity contribution in [3.63, 3.8) is 0 Å². The molecule has 1 atom stereocenters. The summed E-state index contributed by atoms with van der Waals surface area (Å²) < 4.78 is 11.2. The van der Waals surface area contributed by atoms with Crippen LogP contribution < -0.4 is 14.8 Å². The second kappa shape index (κ2) is 9.99. The lowest BCUT2D eigenvalue weighted by molar-refractivity contribution is -0.119. The average molecular weight is 359 g/mol. The maximum absolute atomic E-state index is 12.2. The quantitative estimate of drug-likeness (QED) is 0.672. The fourth-order valence-electron chi connectivity index (χ4n) is 2.37. The van der Waals surface area contributed by atoms with Crippen LogP contribution in [0.3, 0.4) is 0 Å². The fraction of sp³-hybridized carbons (Fsp3) is 0.350. The molecule has 0 aliphatic rings. The van der Waals surface area contributed by atoms with E-state index in [0.717, 1.165) is 16.2 Å². The maximum atomic E-state index is 12.2. The SMILES string of the molecule is CCOc1ccc([C@H](C)NC(=O)CSc2ccccc2)cc1OCC. The number of thioether (sulfide) groups is 1. The van der Waals surface area contributed by atoms with Gasteiger partial charge in [-0.3, -0.25) is 4.79 Å². The molecule has 0 unspecified atom stereocenters. The largest absolute Gasteiger partial charge is 0.490 e. The van der Waals surface area contributed by atoms with E-state index in [4.69, 9.17) is 9.47 Å². The van der Waals surface area contributed by atoms with E-state index in [1.807, 2.05) is 69.3 Å². The summed E-state index contributed by atoms with van der Waals surface area (Å²) in [6, 6.07) is 15.6. The number of amides is 1. The van der Waals surface area contributed by atoms with E-state index in [-0.39, 0.29) is 11.9 Å². The zero-order valence-corrected chi connectivity index (χ0v) is 15.8. The second-order valence-electron chi connectivity index (χ2n) is 5.46. The minimum absolute atomic E-state index is 0.00759. The lowest BCUT2D eigenvalue weighted by Crippen LogP contribution is -2.28. The molecule has 0 bridgehead atoms. The third kappa shape index (κ3) is 6.02. The van der Waals surface area contributed by atoms with Crippen LogP contribution in [0.4, 0.5) is 0 Å². The van der Waals surface area contributed by atoms with Crippen LogP contribution in [-0.4, -0.2) is 24.9 Å². The molecule has 0 aliphatic carbocycles. The number of hydrogen-bond donors (Lipinski definition) is 1. The number of carbonyl (C=O) groups excluding carboxylic acids is 1. The van der Waals surface area contributed by atoms with Crippen LogP contribution in [0.5, 0.6) is 11.5 Å². The first kappa shape index (κ1) is 19.2. The van der Waals surface area contributed by atoms with Gasteiger partial charge in [-0.25, -0.2) is 0 Å². The minimum atomic E-state index is -0.0984. The summed E-state index contributed by atoms with van der Waals surface area (Å²) in [5.74, 6) is 1.84. The highest BCUT2D eigenvalue weighted by Crippen LogP contribution is 2.30. The molecule has 5 heteroatoms. The Balaban J connectivity index is 1.95. The topological polar surface area (TPSA) is 47.6 Å². The molecule has 1 N–H and O–H groups in total. The maximum Gasteiger partial charge on any atom is 0.230 e. The van der Waals surface area contributed by atoms with Crippen molar-refractivity contribution >= 4 is 17.7 Å². The first-order valence-corrected chi connectivity index (χ1v) is 9.49. The van der Waals surface area contributed by atoms with Crippen molar-refractivity contribution in [3.05, 3.63) is 54.1 Å². The van der Waals surface area contributed by atoms with Crippen LogP contribution in [0, 0.1) is 0 Å². The van der Waals surface area contributed by atoms with E-state index in [1.165, 1.54) is 11.8 Å². The standard InChI is InChI=1S/C20H25NO3S/c1-4-23-18-12-11-16(13-19(18)24-5-2)15(3)21-20(22)14-25-17-9-7-6-8-10-17/h6-13,15H,4-5,14H2,1-3H3,(H,21,22)/t15-/m0/s1. The van der Waals surface area contributed by atoms with E-state index >= 15 is 0 Å². The van der Waals surface area contributed by atoms with Crippen molar-refractivity contribution in [1.29, 1.82) is 0 Å². The van der Waals surface area contributed by atoms with Gasteiger partial charge < -0.3 is 14.8 Å². The Kier molecular flexibility index (Phi) is 7.67. The molecule has 2 rings (SSSR count). The molecule has 0 radical (unpaired) electrons. The van der Waals surface area contributed by atoms with Crippen molar-refractivity contribution in [2.75, 3.05) is 19.0 Å². The Bertz CT molecular complexity index is 676. The Labute approximate surface area is 153 Å². The van der Waals surface area contributed by atoms with Gasteiger partial charge >= 0.3 is 0 Å². The molecule has 25 heavy (non-hydrogen) atoms. The number of hydrogen-bond acceptors (Lipinski definition) is 4. The van der Waals surface area contributed by atoms with Crippen molar-refractivity contribution in [3.8, 4) is 11.5 Å².